The van der Waals surface area contributed by atoms with Gasteiger partial charge in [-0.15, -0.1) is 0 Å². The SMILES string of the molecule is C=C(O)CN(C)CCN(CC[N+](C)(CCN(CC)CC(=O)OC)CC(C)=O)CC(=C)CN(C(=C)C)C(C)CC. The Morgan fingerprint density at radius 2 is 1.51 bits per heavy atom. The first-order chi connectivity index (χ1) is 18.2. The predicted molar refractivity (Wildman–Crippen MR) is 162 cm³/mol. The lowest BCUT2D eigenvalue weighted by Crippen LogP contribution is -2.55. The molecule has 0 aromatic carbocycles. The molecule has 0 aromatic heterocycles. The molecule has 0 spiro atoms. The van der Waals surface area contributed by atoms with E-state index >= 15 is 0 Å². The maximum absolute atomic E-state index is 12.2. The van der Waals surface area contributed by atoms with Crippen molar-refractivity contribution in [1.82, 2.24) is 19.6 Å². The summed E-state index contributed by atoms with van der Waals surface area (Å²) in [6, 6.07) is 0.386. The summed E-state index contributed by atoms with van der Waals surface area (Å²) >= 11 is 0. The Kier molecular flexibility index (Phi) is 17.9. The van der Waals surface area contributed by atoms with Gasteiger partial charge in [-0.3, -0.25) is 24.3 Å². The minimum absolute atomic E-state index is 0.149. The number of likely N-dealkylation sites (N-methyl/N-ethyl adjacent to an activating group) is 3. The Morgan fingerprint density at radius 3 is 1.97 bits per heavy atom. The molecule has 1 N–H and O–H groups in total. The monoisotopic (exact) mass is 552 g/mol. The molecule has 0 fully saturated rings. The molecule has 0 saturated heterocycles. The van der Waals surface area contributed by atoms with Gasteiger partial charge in [0.1, 0.15) is 6.54 Å². The number of esters is 1. The van der Waals surface area contributed by atoms with Crippen molar-refractivity contribution in [2.24, 2.45) is 0 Å². The van der Waals surface area contributed by atoms with E-state index in [-0.39, 0.29) is 24.1 Å². The van der Waals surface area contributed by atoms with Gasteiger partial charge in [-0.05, 0) is 39.4 Å². The Hall–Kier alpha value is -2.20. The van der Waals surface area contributed by atoms with Crippen LogP contribution in [0.1, 0.15) is 41.0 Å². The highest BCUT2D eigenvalue weighted by Gasteiger charge is 2.26. The third kappa shape index (κ3) is 16.5. The maximum Gasteiger partial charge on any atom is 0.319 e. The van der Waals surface area contributed by atoms with Crippen molar-refractivity contribution in [3.8, 4) is 0 Å². The highest BCUT2D eigenvalue weighted by Crippen LogP contribution is 2.14. The van der Waals surface area contributed by atoms with Gasteiger partial charge < -0.3 is 19.2 Å². The zero-order valence-electron chi connectivity index (χ0n) is 26.3. The van der Waals surface area contributed by atoms with Crippen LogP contribution >= 0.6 is 0 Å². The number of nitrogens with zero attached hydrogens (tertiary/aromatic N) is 5. The number of Topliss-reactive ketones (excluding diaryl/α,β-unsaturated/α-hetero) is 1. The third-order valence-electron chi connectivity index (χ3n) is 7.25. The average molecular weight is 553 g/mol. The largest absolute Gasteiger partial charge is 0.512 e. The normalized spacial score (nSPS) is 13.8. The van der Waals surface area contributed by atoms with Gasteiger partial charge >= 0.3 is 5.97 Å². The minimum Gasteiger partial charge on any atom is -0.512 e. The molecule has 9 nitrogen and oxygen atoms in total. The number of ketones is 1. The summed E-state index contributed by atoms with van der Waals surface area (Å²) in [5, 5.41) is 9.60. The van der Waals surface area contributed by atoms with Crippen molar-refractivity contribution in [2.75, 3.05) is 99.7 Å². The molecule has 0 rings (SSSR count). The van der Waals surface area contributed by atoms with Crippen LogP contribution in [0, 0.1) is 0 Å². The lowest BCUT2D eigenvalue weighted by molar-refractivity contribution is -0.900. The summed E-state index contributed by atoms with van der Waals surface area (Å²) in [6.45, 7) is 30.2. The molecule has 0 amide bonds. The van der Waals surface area contributed by atoms with Crippen LogP contribution in [-0.4, -0.2) is 147 Å². The van der Waals surface area contributed by atoms with E-state index in [2.05, 4.69) is 55.3 Å². The molecule has 226 valence electrons. The Bertz CT molecular complexity index is 802. The summed E-state index contributed by atoms with van der Waals surface area (Å²) in [6.07, 6.45) is 1.03. The van der Waals surface area contributed by atoms with Crippen molar-refractivity contribution < 1.29 is 23.9 Å². The molecule has 0 radical (unpaired) electrons. The molecule has 0 aliphatic rings. The first-order valence-electron chi connectivity index (χ1n) is 14.1. The smallest absolute Gasteiger partial charge is 0.319 e. The first kappa shape index (κ1) is 36.8. The zero-order chi connectivity index (χ0) is 30.2. The molecule has 0 bridgehead atoms. The molecule has 0 aromatic rings. The molecular weight excluding hydrogens is 494 g/mol. The average Bonchev–Trinajstić information content (AvgIpc) is 2.85. The Morgan fingerprint density at radius 1 is 0.923 bits per heavy atom. The second-order valence-corrected chi connectivity index (χ2v) is 11.3. The van der Waals surface area contributed by atoms with Gasteiger partial charge in [0.15, 0.2) is 5.78 Å². The number of allylic oxidation sites excluding steroid dienone is 1. The summed E-state index contributed by atoms with van der Waals surface area (Å²) in [7, 11) is 5.49. The van der Waals surface area contributed by atoms with Crippen LogP contribution in [-0.2, 0) is 14.3 Å². The molecule has 0 heterocycles. The number of hydrogen-bond acceptors (Lipinski definition) is 8. The van der Waals surface area contributed by atoms with E-state index in [1.54, 1.807) is 6.92 Å². The molecule has 39 heavy (non-hydrogen) atoms. The topological polar surface area (TPSA) is 76.6 Å². The molecule has 2 unspecified atom stereocenters. The number of methoxy groups -OCH3 is 1. The quantitative estimate of drug-likeness (QED) is 0.0898. The zero-order valence-corrected chi connectivity index (χ0v) is 26.3. The van der Waals surface area contributed by atoms with Gasteiger partial charge in [-0.2, -0.15) is 0 Å². The molecule has 2 atom stereocenters. The van der Waals surface area contributed by atoms with Gasteiger partial charge in [0.2, 0.25) is 0 Å². The fraction of sp³-hybridized carbons (Fsp3) is 0.733. The van der Waals surface area contributed by atoms with E-state index < -0.39 is 0 Å². The van der Waals surface area contributed by atoms with Crippen molar-refractivity contribution in [3.05, 3.63) is 36.8 Å². The van der Waals surface area contributed by atoms with E-state index in [0.717, 1.165) is 70.0 Å². The van der Waals surface area contributed by atoms with Gasteiger partial charge in [0, 0.05) is 57.9 Å². The van der Waals surface area contributed by atoms with Gasteiger partial charge in [0.25, 0.3) is 0 Å². The van der Waals surface area contributed by atoms with Crippen molar-refractivity contribution >= 4 is 11.8 Å². The summed E-state index contributed by atoms with van der Waals surface area (Å²) in [5.41, 5.74) is 2.15. The number of hydrogen-bond donors (Lipinski definition) is 1. The summed E-state index contributed by atoms with van der Waals surface area (Å²) in [5.74, 6) is 0.0479. The van der Waals surface area contributed by atoms with E-state index in [1.165, 1.54) is 7.11 Å². The number of rotatable bonds is 23. The van der Waals surface area contributed by atoms with E-state index in [9.17, 15) is 14.7 Å². The Labute approximate surface area is 238 Å². The lowest BCUT2D eigenvalue weighted by atomic mass is 10.1. The fourth-order valence-corrected chi connectivity index (χ4v) is 4.64. The van der Waals surface area contributed by atoms with Crippen LogP contribution < -0.4 is 0 Å². The van der Waals surface area contributed by atoms with Gasteiger partial charge in [-0.25, -0.2) is 0 Å². The number of carbonyl (C=O) groups is 2. The van der Waals surface area contributed by atoms with Crippen LogP contribution in [0.5, 0.6) is 0 Å². The molecule has 9 heteroatoms. The van der Waals surface area contributed by atoms with Crippen LogP contribution in [0.2, 0.25) is 0 Å². The van der Waals surface area contributed by atoms with Crippen LogP contribution in [0.3, 0.4) is 0 Å². The van der Waals surface area contributed by atoms with Crippen molar-refractivity contribution in [3.63, 3.8) is 0 Å². The minimum atomic E-state index is -0.252. The number of ether oxygens (including phenoxy) is 1. The maximum atomic E-state index is 12.2. The highest BCUT2D eigenvalue weighted by molar-refractivity contribution is 5.76. The number of aliphatic hydroxyl groups excluding tert-OH is 1. The standard InChI is InChI=1S/C30H57N5O4/c1-12-27(6)34(25(3)4)21-26(5)20-33(15-14-31(9)22-28(7)36)17-19-35(10,24-29(8)37)18-16-32(13-2)23-30(38)39-11/h27H,3,5,7,12-24H2,1-2,4,6,8-11H3/p+1. The Balaban J connectivity index is 5.57. The number of quaternary nitrogens is 1. The van der Waals surface area contributed by atoms with E-state index in [0.29, 0.717) is 30.2 Å². The molecule has 0 aliphatic heterocycles. The van der Waals surface area contributed by atoms with Crippen LogP contribution in [0.4, 0.5) is 0 Å². The fourth-order valence-electron chi connectivity index (χ4n) is 4.64. The third-order valence-corrected chi connectivity index (χ3v) is 7.25. The second kappa shape index (κ2) is 19.0. The first-order valence-corrected chi connectivity index (χ1v) is 14.1. The second-order valence-electron chi connectivity index (χ2n) is 11.3. The van der Waals surface area contributed by atoms with Crippen LogP contribution in [0.25, 0.3) is 0 Å². The van der Waals surface area contributed by atoms with Gasteiger partial charge in [0.05, 0.1) is 46.1 Å². The lowest BCUT2D eigenvalue weighted by Gasteiger charge is -2.38. The molecule has 0 saturated carbocycles. The van der Waals surface area contributed by atoms with Gasteiger partial charge in [-0.1, -0.05) is 33.6 Å². The predicted octanol–water partition coefficient (Wildman–Crippen LogP) is 3.01. The number of aliphatic hydroxyl groups is 1. The summed E-state index contributed by atoms with van der Waals surface area (Å²) < 4.78 is 5.43. The molecule has 0 aliphatic carbocycles. The van der Waals surface area contributed by atoms with E-state index in [1.807, 2.05) is 25.8 Å². The van der Waals surface area contributed by atoms with E-state index in [4.69, 9.17) is 4.74 Å². The van der Waals surface area contributed by atoms with Crippen molar-refractivity contribution in [2.45, 2.75) is 47.1 Å². The summed E-state index contributed by atoms with van der Waals surface area (Å²) in [4.78, 5) is 32.8. The van der Waals surface area contributed by atoms with Crippen LogP contribution in [0.15, 0.2) is 36.8 Å². The number of carbonyl (C=O) groups excluding carboxylic acids is 2. The highest BCUT2D eigenvalue weighted by atomic mass is 16.5. The van der Waals surface area contributed by atoms with Crippen molar-refractivity contribution in [1.29, 1.82) is 0 Å². The molecular formula is C30H58N5O4+.